The first-order chi connectivity index (χ1) is 7.36. The molecule has 1 heterocycles. The van der Waals surface area contributed by atoms with E-state index in [0.29, 0.717) is 6.54 Å². The second-order valence-corrected chi connectivity index (χ2v) is 3.53. The molecule has 1 aromatic heterocycles. The number of hydrogen-bond acceptors (Lipinski definition) is 2. The molecule has 0 saturated carbocycles. The molecular formula is C12H10ClNO. The Bertz CT molecular complexity index is 448. The summed E-state index contributed by atoms with van der Waals surface area (Å²) in [6.45, 7) is 0.588. The van der Waals surface area contributed by atoms with Gasteiger partial charge in [-0.25, -0.2) is 0 Å². The number of halogens is 1. The van der Waals surface area contributed by atoms with Gasteiger partial charge in [0.1, 0.15) is 0 Å². The highest BCUT2D eigenvalue weighted by atomic mass is 35.5. The number of hydrogen-bond donors (Lipinski definition) is 0. The maximum Gasteiger partial charge on any atom is 0.0990 e. The van der Waals surface area contributed by atoms with Gasteiger partial charge < -0.3 is 4.42 Å². The number of rotatable bonds is 3. The number of aliphatic imine (C=N–C) groups is 1. The molecule has 0 spiro atoms. The average molecular weight is 220 g/mol. The first kappa shape index (κ1) is 9.99. The fourth-order valence-electron chi connectivity index (χ4n) is 1.22. The molecule has 2 rings (SSSR count). The molecule has 2 aromatic rings. The smallest absolute Gasteiger partial charge is 0.0990 e. The van der Waals surface area contributed by atoms with E-state index in [2.05, 4.69) is 4.99 Å². The molecule has 0 aliphatic carbocycles. The Labute approximate surface area is 93.2 Å². The average Bonchev–Trinajstić information content (AvgIpc) is 2.74. The summed E-state index contributed by atoms with van der Waals surface area (Å²) in [4.78, 5) is 4.28. The predicted molar refractivity (Wildman–Crippen MR) is 61.5 cm³/mol. The summed E-state index contributed by atoms with van der Waals surface area (Å²) < 4.78 is 4.92. The SMILES string of the molecule is Clc1ccccc1CN=Cc1ccoc1. The van der Waals surface area contributed by atoms with Crippen molar-refractivity contribution in [2.75, 3.05) is 0 Å². The van der Waals surface area contributed by atoms with Gasteiger partial charge >= 0.3 is 0 Å². The van der Waals surface area contributed by atoms with Crippen molar-refractivity contribution in [2.45, 2.75) is 6.54 Å². The summed E-state index contributed by atoms with van der Waals surface area (Å²) in [7, 11) is 0. The summed E-state index contributed by atoms with van der Waals surface area (Å²) >= 11 is 5.99. The van der Waals surface area contributed by atoms with Crippen molar-refractivity contribution in [3.8, 4) is 0 Å². The van der Waals surface area contributed by atoms with E-state index in [9.17, 15) is 0 Å². The molecule has 0 atom stereocenters. The molecule has 0 amide bonds. The van der Waals surface area contributed by atoms with Gasteiger partial charge in [0, 0.05) is 16.8 Å². The van der Waals surface area contributed by atoms with Gasteiger partial charge in [-0.15, -0.1) is 0 Å². The fraction of sp³-hybridized carbons (Fsp3) is 0.0833. The lowest BCUT2D eigenvalue weighted by atomic mass is 10.2. The van der Waals surface area contributed by atoms with Crippen molar-refractivity contribution < 1.29 is 4.42 Å². The van der Waals surface area contributed by atoms with E-state index in [1.807, 2.05) is 30.3 Å². The molecule has 0 fully saturated rings. The highest BCUT2D eigenvalue weighted by molar-refractivity contribution is 6.31. The minimum Gasteiger partial charge on any atom is -0.472 e. The molecule has 0 aliphatic heterocycles. The van der Waals surface area contributed by atoms with Gasteiger partial charge in [-0.05, 0) is 17.7 Å². The standard InChI is InChI=1S/C12H10ClNO/c13-12-4-2-1-3-11(12)8-14-7-10-5-6-15-9-10/h1-7,9H,8H2. The molecule has 3 heteroatoms. The summed E-state index contributed by atoms with van der Waals surface area (Å²) in [6.07, 6.45) is 5.04. The van der Waals surface area contributed by atoms with Gasteiger partial charge in [0.05, 0.1) is 19.1 Å². The van der Waals surface area contributed by atoms with Crippen molar-refractivity contribution in [3.05, 3.63) is 59.0 Å². The van der Waals surface area contributed by atoms with E-state index in [4.69, 9.17) is 16.0 Å². The second kappa shape index (κ2) is 4.80. The maximum atomic E-state index is 5.99. The van der Waals surface area contributed by atoms with Gasteiger partial charge in [-0.3, -0.25) is 4.99 Å². The summed E-state index contributed by atoms with van der Waals surface area (Å²) in [5, 5.41) is 0.752. The van der Waals surface area contributed by atoms with Crippen LogP contribution < -0.4 is 0 Å². The van der Waals surface area contributed by atoms with E-state index < -0.39 is 0 Å². The van der Waals surface area contributed by atoms with Crippen LogP contribution in [-0.2, 0) is 6.54 Å². The molecule has 76 valence electrons. The maximum absolute atomic E-state index is 5.99. The summed E-state index contributed by atoms with van der Waals surface area (Å²) in [6, 6.07) is 9.55. The Morgan fingerprint density at radius 3 is 2.87 bits per heavy atom. The van der Waals surface area contributed by atoms with E-state index in [1.54, 1.807) is 18.7 Å². The first-order valence-corrected chi connectivity index (χ1v) is 4.99. The highest BCUT2D eigenvalue weighted by Crippen LogP contribution is 2.15. The number of benzene rings is 1. The third-order valence-corrected chi connectivity index (χ3v) is 2.37. The molecule has 0 unspecified atom stereocenters. The van der Waals surface area contributed by atoms with E-state index in [1.165, 1.54) is 0 Å². The van der Waals surface area contributed by atoms with Crippen molar-refractivity contribution in [2.24, 2.45) is 4.99 Å². The molecule has 15 heavy (non-hydrogen) atoms. The van der Waals surface area contributed by atoms with Crippen LogP contribution >= 0.6 is 11.6 Å². The minimum absolute atomic E-state index is 0.588. The summed E-state index contributed by atoms with van der Waals surface area (Å²) in [5.74, 6) is 0. The van der Waals surface area contributed by atoms with E-state index in [-0.39, 0.29) is 0 Å². The first-order valence-electron chi connectivity index (χ1n) is 4.62. The van der Waals surface area contributed by atoms with Crippen LogP contribution in [0.4, 0.5) is 0 Å². The van der Waals surface area contributed by atoms with Crippen molar-refractivity contribution in [1.29, 1.82) is 0 Å². The topological polar surface area (TPSA) is 25.5 Å². The molecule has 0 aliphatic rings. The molecule has 0 bridgehead atoms. The van der Waals surface area contributed by atoms with Gasteiger partial charge in [-0.2, -0.15) is 0 Å². The molecule has 0 N–H and O–H groups in total. The lowest BCUT2D eigenvalue weighted by Gasteiger charge is -1.98. The number of nitrogens with zero attached hydrogens (tertiary/aromatic N) is 1. The monoisotopic (exact) mass is 219 g/mol. The van der Waals surface area contributed by atoms with Gasteiger partial charge in [0.25, 0.3) is 0 Å². The Morgan fingerprint density at radius 2 is 2.13 bits per heavy atom. The Morgan fingerprint density at radius 1 is 1.27 bits per heavy atom. The van der Waals surface area contributed by atoms with Crippen molar-refractivity contribution >= 4 is 17.8 Å². The lowest BCUT2D eigenvalue weighted by molar-refractivity contribution is 0.567. The van der Waals surface area contributed by atoms with Crippen LogP contribution in [-0.4, -0.2) is 6.21 Å². The largest absolute Gasteiger partial charge is 0.472 e. The third kappa shape index (κ3) is 2.70. The Hall–Kier alpha value is -1.54. The van der Waals surface area contributed by atoms with E-state index in [0.717, 1.165) is 16.1 Å². The van der Waals surface area contributed by atoms with Crippen LogP contribution in [0.3, 0.4) is 0 Å². The molecule has 0 radical (unpaired) electrons. The predicted octanol–water partition coefficient (Wildman–Crippen LogP) is 3.55. The van der Waals surface area contributed by atoms with Gasteiger partial charge in [-0.1, -0.05) is 29.8 Å². The zero-order chi connectivity index (χ0) is 10.5. The van der Waals surface area contributed by atoms with Crippen LogP contribution in [0.2, 0.25) is 5.02 Å². The third-order valence-electron chi connectivity index (χ3n) is 2.00. The van der Waals surface area contributed by atoms with Crippen molar-refractivity contribution in [1.82, 2.24) is 0 Å². The van der Waals surface area contributed by atoms with E-state index >= 15 is 0 Å². The highest BCUT2D eigenvalue weighted by Gasteiger charge is 1.95. The van der Waals surface area contributed by atoms with Gasteiger partial charge in [0.15, 0.2) is 0 Å². The fourth-order valence-corrected chi connectivity index (χ4v) is 1.42. The minimum atomic E-state index is 0.588. The molecule has 1 aromatic carbocycles. The van der Waals surface area contributed by atoms with Crippen LogP contribution in [0.25, 0.3) is 0 Å². The van der Waals surface area contributed by atoms with Crippen LogP contribution in [0.15, 0.2) is 52.3 Å². The lowest BCUT2D eigenvalue weighted by Crippen LogP contribution is -1.84. The molecular weight excluding hydrogens is 210 g/mol. The van der Waals surface area contributed by atoms with Crippen LogP contribution in [0, 0.1) is 0 Å². The number of furan rings is 1. The van der Waals surface area contributed by atoms with Crippen LogP contribution in [0.1, 0.15) is 11.1 Å². The Kier molecular flexibility index (Phi) is 3.20. The summed E-state index contributed by atoms with van der Waals surface area (Å²) in [5.41, 5.74) is 1.99. The Balaban J connectivity index is 2.02. The second-order valence-electron chi connectivity index (χ2n) is 3.12. The van der Waals surface area contributed by atoms with Crippen molar-refractivity contribution in [3.63, 3.8) is 0 Å². The normalized spacial score (nSPS) is 11.0. The quantitative estimate of drug-likeness (QED) is 0.725. The zero-order valence-electron chi connectivity index (χ0n) is 8.06. The van der Waals surface area contributed by atoms with Crippen LogP contribution in [0.5, 0.6) is 0 Å². The molecule has 0 saturated heterocycles. The van der Waals surface area contributed by atoms with Gasteiger partial charge in [0.2, 0.25) is 0 Å². The molecule has 2 nitrogen and oxygen atoms in total. The zero-order valence-corrected chi connectivity index (χ0v) is 8.82.